The molecule has 1 unspecified atom stereocenters. The number of ether oxygens (including phenoxy) is 1. The summed E-state index contributed by atoms with van der Waals surface area (Å²) in [5.41, 5.74) is 0.743. The van der Waals surface area contributed by atoms with Crippen LogP contribution in [0.5, 0.6) is 0 Å². The quantitative estimate of drug-likeness (QED) is 0.326. The average Bonchev–Trinajstić information content (AvgIpc) is 2.81. The van der Waals surface area contributed by atoms with Gasteiger partial charge < -0.3 is 20.1 Å². The molecule has 11 atom stereocenters. The van der Waals surface area contributed by atoms with E-state index in [0.29, 0.717) is 11.8 Å². The molecule has 5 aliphatic rings. The number of aliphatic hydroxyl groups excluding tert-OH is 3. The van der Waals surface area contributed by atoms with E-state index in [1.807, 2.05) is 0 Å². The van der Waals surface area contributed by atoms with Gasteiger partial charge in [-0.1, -0.05) is 60.1 Å². The number of allylic oxidation sites excluding steroid dienone is 2. The van der Waals surface area contributed by atoms with Crippen LogP contribution >= 0.6 is 0 Å². The first-order valence-corrected chi connectivity index (χ1v) is 14.9. The van der Waals surface area contributed by atoms with Crippen molar-refractivity contribution in [2.45, 2.75) is 125 Å². The lowest BCUT2D eigenvalue weighted by Gasteiger charge is -2.72. The van der Waals surface area contributed by atoms with Crippen LogP contribution in [0.4, 0.5) is 0 Å². The van der Waals surface area contributed by atoms with Crippen LogP contribution < -0.4 is 0 Å². The second-order valence-electron chi connectivity index (χ2n) is 15.7. The zero-order valence-corrected chi connectivity index (χ0v) is 24.6. The van der Waals surface area contributed by atoms with Gasteiger partial charge in [0.05, 0.1) is 18.8 Å². The maximum absolute atomic E-state index is 11.9. The number of hydrogen-bond acceptors (Lipinski definition) is 5. The Kier molecular flexibility index (Phi) is 6.20. The highest BCUT2D eigenvalue weighted by Crippen LogP contribution is 2.75. The molecule has 0 radical (unpaired) electrons. The number of fused-ring (bicyclic) bond motifs is 7. The van der Waals surface area contributed by atoms with E-state index in [-0.39, 0.29) is 45.6 Å². The molecule has 5 nitrogen and oxygen atoms in total. The summed E-state index contributed by atoms with van der Waals surface area (Å²) in [6.07, 6.45) is 8.80. The fourth-order valence-electron chi connectivity index (χ4n) is 11.1. The third-order valence-corrected chi connectivity index (χ3v) is 13.7. The lowest BCUT2D eigenvalue weighted by atomic mass is 9.33. The van der Waals surface area contributed by atoms with Crippen molar-refractivity contribution in [3.05, 3.63) is 11.6 Å². The molecule has 0 aromatic rings. The largest absolute Gasteiger partial charge is 0.459 e. The Morgan fingerprint density at radius 3 is 2.24 bits per heavy atom. The van der Waals surface area contributed by atoms with Crippen LogP contribution in [0, 0.1) is 50.2 Å². The summed E-state index contributed by atoms with van der Waals surface area (Å²) in [7, 11) is 0. The summed E-state index contributed by atoms with van der Waals surface area (Å²) in [5.74, 6) is 0.775. The van der Waals surface area contributed by atoms with E-state index in [1.165, 1.54) is 12.5 Å². The van der Waals surface area contributed by atoms with E-state index in [2.05, 4.69) is 54.5 Å². The minimum Gasteiger partial charge on any atom is -0.459 e. The molecule has 0 saturated heterocycles. The van der Waals surface area contributed by atoms with E-state index in [1.54, 1.807) is 0 Å². The summed E-state index contributed by atoms with van der Waals surface area (Å²) < 4.78 is 5.76. The molecule has 0 aromatic carbocycles. The lowest BCUT2D eigenvalue weighted by Crippen LogP contribution is -2.67. The first-order chi connectivity index (χ1) is 17.0. The Balaban J connectivity index is 1.55. The number of carbonyl (C=O) groups is 1. The van der Waals surface area contributed by atoms with Gasteiger partial charge in [-0.15, -0.1) is 0 Å². The number of rotatable bonds is 2. The van der Waals surface area contributed by atoms with Gasteiger partial charge in [-0.2, -0.15) is 0 Å². The fraction of sp³-hybridized carbons (Fsp3) is 0.906. The molecule has 0 heterocycles. The summed E-state index contributed by atoms with van der Waals surface area (Å²) in [4.78, 5) is 11.9. The van der Waals surface area contributed by atoms with E-state index >= 15 is 0 Å². The van der Waals surface area contributed by atoms with Crippen LogP contribution in [0.3, 0.4) is 0 Å². The second kappa shape index (κ2) is 8.30. The summed E-state index contributed by atoms with van der Waals surface area (Å²) >= 11 is 0. The van der Waals surface area contributed by atoms with Gasteiger partial charge in [-0.3, -0.25) is 4.79 Å². The minimum atomic E-state index is -0.681. The van der Waals surface area contributed by atoms with Crippen molar-refractivity contribution in [1.29, 1.82) is 0 Å². The molecule has 5 aliphatic carbocycles. The topological polar surface area (TPSA) is 87.0 Å². The monoisotopic (exact) mass is 516 g/mol. The first kappa shape index (κ1) is 27.6. The minimum absolute atomic E-state index is 0.0455. The fourth-order valence-corrected chi connectivity index (χ4v) is 11.1. The molecule has 0 aromatic heterocycles. The van der Waals surface area contributed by atoms with Crippen LogP contribution in [0.15, 0.2) is 11.6 Å². The van der Waals surface area contributed by atoms with Gasteiger partial charge in [0.15, 0.2) is 0 Å². The number of hydrogen-bond donors (Lipinski definition) is 3. The highest BCUT2D eigenvalue weighted by atomic mass is 16.6. The molecular formula is C32H52O5. The van der Waals surface area contributed by atoms with Crippen molar-refractivity contribution in [2.24, 2.45) is 50.2 Å². The van der Waals surface area contributed by atoms with Gasteiger partial charge in [0.25, 0.3) is 0 Å². The Morgan fingerprint density at radius 1 is 0.946 bits per heavy atom. The van der Waals surface area contributed by atoms with E-state index < -0.39 is 23.7 Å². The van der Waals surface area contributed by atoms with Gasteiger partial charge in [-0.05, 0) is 85.4 Å². The molecule has 0 spiro atoms. The van der Waals surface area contributed by atoms with Gasteiger partial charge in [0.1, 0.15) is 6.10 Å². The molecule has 0 bridgehead atoms. The van der Waals surface area contributed by atoms with Crippen molar-refractivity contribution < 1.29 is 24.9 Å². The Bertz CT molecular complexity index is 988. The molecule has 4 fully saturated rings. The number of aliphatic hydroxyl groups is 3. The van der Waals surface area contributed by atoms with Crippen LogP contribution in [-0.4, -0.2) is 46.2 Å². The van der Waals surface area contributed by atoms with E-state index in [0.717, 1.165) is 51.4 Å². The van der Waals surface area contributed by atoms with Crippen molar-refractivity contribution in [2.75, 3.05) is 6.61 Å². The zero-order valence-electron chi connectivity index (χ0n) is 24.6. The maximum Gasteiger partial charge on any atom is 0.303 e. The highest BCUT2D eigenvalue weighted by Gasteiger charge is 2.70. The van der Waals surface area contributed by atoms with Gasteiger partial charge >= 0.3 is 5.97 Å². The molecular weight excluding hydrogens is 464 g/mol. The normalized spacial score (nSPS) is 54.6. The molecule has 5 heteroatoms. The molecule has 4 saturated carbocycles. The van der Waals surface area contributed by atoms with Crippen molar-refractivity contribution in [1.82, 2.24) is 0 Å². The number of esters is 1. The average molecular weight is 517 g/mol. The second-order valence-corrected chi connectivity index (χ2v) is 15.7. The van der Waals surface area contributed by atoms with E-state index in [4.69, 9.17) is 4.74 Å². The third kappa shape index (κ3) is 3.41. The predicted octanol–water partition coefficient (Wildman–Crippen LogP) is 5.65. The highest BCUT2D eigenvalue weighted by molar-refractivity contribution is 5.66. The molecule has 0 aliphatic heterocycles. The molecule has 210 valence electrons. The van der Waals surface area contributed by atoms with Crippen LogP contribution in [0.25, 0.3) is 0 Å². The van der Waals surface area contributed by atoms with E-state index in [9.17, 15) is 20.1 Å². The predicted molar refractivity (Wildman–Crippen MR) is 144 cm³/mol. The third-order valence-electron chi connectivity index (χ3n) is 13.7. The van der Waals surface area contributed by atoms with Crippen molar-refractivity contribution in [3.63, 3.8) is 0 Å². The summed E-state index contributed by atoms with van der Waals surface area (Å²) in [5, 5.41) is 33.1. The SMILES string of the molecule is CC(=O)O[C@H]1[C@@H](O)[C@]2(C)CC[C@]3(C)C(=CC[C@@H]4[C@@]5(C)CC[C@H](O)[C@@](C)(CO)C5CC[C@]43C)[C@H]2CC1(C)C. The molecule has 3 N–H and O–H groups in total. The van der Waals surface area contributed by atoms with Gasteiger partial charge in [0.2, 0.25) is 0 Å². The molecule has 0 amide bonds. The summed E-state index contributed by atoms with van der Waals surface area (Å²) in [6.45, 7) is 17.7. The Labute approximate surface area is 224 Å². The van der Waals surface area contributed by atoms with Crippen LogP contribution in [0.2, 0.25) is 0 Å². The maximum atomic E-state index is 11.9. The Morgan fingerprint density at radius 2 is 1.62 bits per heavy atom. The molecule has 37 heavy (non-hydrogen) atoms. The zero-order chi connectivity index (χ0) is 27.4. The van der Waals surface area contributed by atoms with Crippen molar-refractivity contribution >= 4 is 5.97 Å². The smallest absolute Gasteiger partial charge is 0.303 e. The first-order valence-electron chi connectivity index (χ1n) is 14.9. The summed E-state index contributed by atoms with van der Waals surface area (Å²) in [6, 6.07) is 0. The number of carbonyl (C=O) groups excluding carboxylic acids is 1. The lowest BCUT2D eigenvalue weighted by molar-refractivity contribution is -0.229. The molecule has 5 rings (SSSR count). The van der Waals surface area contributed by atoms with Crippen LogP contribution in [0.1, 0.15) is 107 Å². The Hall–Kier alpha value is -0.910. The van der Waals surface area contributed by atoms with Gasteiger partial charge in [-0.25, -0.2) is 0 Å². The van der Waals surface area contributed by atoms with Crippen LogP contribution in [-0.2, 0) is 9.53 Å². The van der Waals surface area contributed by atoms with Gasteiger partial charge in [0, 0.05) is 23.2 Å². The standard InChI is InChI=1S/C32H52O5/c1-19(34)37-26-25(36)28(4)15-16-31(7)20(21(28)17-27(26,2)3)9-10-23-29(5)13-12-24(35)30(6,18-33)22(29)11-14-32(23,31)8/h9,21-26,33,35-36H,10-18H2,1-8H3/t21-,22?,23-,24+,25-,26+,28-,29+,30+,31-,32-/m1/s1. The van der Waals surface area contributed by atoms with Crippen molar-refractivity contribution in [3.8, 4) is 0 Å².